The molecule has 0 aliphatic heterocycles. The molecule has 2 aromatic heterocycles. The topological polar surface area (TPSA) is 68.0 Å². The molecule has 3 N–H and O–H groups in total. The number of pyridine rings is 1. The molecular formula is C15H19N3OS. The zero-order valence-corrected chi connectivity index (χ0v) is 12.4. The van der Waals surface area contributed by atoms with Crippen LogP contribution in [0.3, 0.4) is 0 Å². The Balaban J connectivity index is 1.74. The van der Waals surface area contributed by atoms with Gasteiger partial charge in [-0.05, 0) is 30.7 Å². The van der Waals surface area contributed by atoms with Gasteiger partial charge in [-0.1, -0.05) is 13.3 Å². The molecule has 0 saturated heterocycles. The molecule has 0 aromatic carbocycles. The molecule has 2 aromatic rings. The van der Waals surface area contributed by atoms with Gasteiger partial charge in [-0.2, -0.15) is 0 Å². The first kappa shape index (κ1) is 13.4. The quantitative estimate of drug-likeness (QED) is 0.888. The van der Waals surface area contributed by atoms with Crippen molar-refractivity contribution in [3.8, 4) is 0 Å². The van der Waals surface area contributed by atoms with Crippen LogP contribution in [0.5, 0.6) is 0 Å². The van der Waals surface area contributed by atoms with Gasteiger partial charge in [-0.15, -0.1) is 11.3 Å². The van der Waals surface area contributed by atoms with Crippen molar-refractivity contribution in [1.29, 1.82) is 0 Å². The summed E-state index contributed by atoms with van der Waals surface area (Å²) < 4.78 is 0.963. The van der Waals surface area contributed by atoms with E-state index in [1.165, 1.54) is 37.0 Å². The first-order valence-electron chi connectivity index (χ1n) is 7.05. The normalized spacial score (nSPS) is 16.2. The van der Waals surface area contributed by atoms with E-state index < -0.39 is 0 Å². The monoisotopic (exact) mass is 289 g/mol. The summed E-state index contributed by atoms with van der Waals surface area (Å²) in [5, 5.41) is 3.98. The molecule has 0 bridgehead atoms. The van der Waals surface area contributed by atoms with E-state index in [9.17, 15) is 4.79 Å². The first-order valence-corrected chi connectivity index (χ1v) is 7.87. The number of aromatic nitrogens is 1. The SMILES string of the molecule is CCCC1(CNC(=O)c2sc3cnccc3c2N)CC1. The molecule has 1 aliphatic carbocycles. The summed E-state index contributed by atoms with van der Waals surface area (Å²) in [4.78, 5) is 17.0. The van der Waals surface area contributed by atoms with Crippen LogP contribution < -0.4 is 11.1 Å². The molecule has 1 fully saturated rings. The molecule has 106 valence electrons. The molecule has 3 rings (SSSR count). The van der Waals surface area contributed by atoms with Gasteiger partial charge in [0.1, 0.15) is 4.88 Å². The number of carbonyl (C=O) groups is 1. The van der Waals surface area contributed by atoms with Crippen LogP contribution in [0.2, 0.25) is 0 Å². The second kappa shape index (κ2) is 5.05. The Bertz CT molecular complexity index is 646. The average Bonchev–Trinajstić information content (AvgIpc) is 3.14. The Morgan fingerprint density at radius 1 is 1.55 bits per heavy atom. The van der Waals surface area contributed by atoms with Crippen molar-refractivity contribution in [1.82, 2.24) is 10.3 Å². The van der Waals surface area contributed by atoms with Gasteiger partial charge in [-0.3, -0.25) is 9.78 Å². The number of carbonyl (C=O) groups excluding carboxylic acids is 1. The Kier molecular flexibility index (Phi) is 3.38. The minimum atomic E-state index is -0.0499. The van der Waals surface area contributed by atoms with Crippen LogP contribution in [0.25, 0.3) is 10.1 Å². The van der Waals surface area contributed by atoms with Crippen molar-refractivity contribution in [2.75, 3.05) is 12.3 Å². The van der Waals surface area contributed by atoms with Crippen LogP contribution in [-0.2, 0) is 0 Å². The predicted molar refractivity (Wildman–Crippen MR) is 82.9 cm³/mol. The lowest BCUT2D eigenvalue weighted by Crippen LogP contribution is -2.30. The standard InChI is InChI=1S/C15H19N3OS/c1-2-4-15(5-6-15)9-18-14(19)13-12(16)10-3-7-17-8-11(10)20-13/h3,7-8H,2,4-6,9,16H2,1H3,(H,18,19). The molecule has 0 atom stereocenters. The Hall–Kier alpha value is -1.62. The number of amides is 1. The molecule has 1 saturated carbocycles. The van der Waals surface area contributed by atoms with Crippen molar-refractivity contribution < 1.29 is 4.79 Å². The van der Waals surface area contributed by atoms with Crippen molar-refractivity contribution in [2.24, 2.45) is 5.41 Å². The molecular weight excluding hydrogens is 270 g/mol. The van der Waals surface area contributed by atoms with Gasteiger partial charge >= 0.3 is 0 Å². The van der Waals surface area contributed by atoms with Gasteiger partial charge in [0, 0.05) is 24.3 Å². The second-order valence-electron chi connectivity index (χ2n) is 5.65. The number of anilines is 1. The summed E-state index contributed by atoms with van der Waals surface area (Å²) in [6, 6.07) is 1.86. The second-order valence-corrected chi connectivity index (χ2v) is 6.70. The van der Waals surface area contributed by atoms with Crippen LogP contribution in [0, 0.1) is 5.41 Å². The van der Waals surface area contributed by atoms with Crippen molar-refractivity contribution in [3.05, 3.63) is 23.3 Å². The third-order valence-electron chi connectivity index (χ3n) is 4.10. The van der Waals surface area contributed by atoms with Crippen LogP contribution in [0.15, 0.2) is 18.5 Å². The number of thiophene rings is 1. The van der Waals surface area contributed by atoms with Crippen LogP contribution in [0.4, 0.5) is 5.69 Å². The van der Waals surface area contributed by atoms with E-state index in [0.717, 1.165) is 16.6 Å². The highest BCUT2D eigenvalue weighted by molar-refractivity contribution is 7.21. The fourth-order valence-electron chi connectivity index (χ4n) is 2.71. The summed E-state index contributed by atoms with van der Waals surface area (Å²) in [6.07, 6.45) is 8.28. The van der Waals surface area contributed by atoms with Gasteiger partial charge in [0.2, 0.25) is 0 Å². The number of fused-ring (bicyclic) bond motifs is 1. The lowest BCUT2D eigenvalue weighted by molar-refractivity contribution is 0.0948. The average molecular weight is 289 g/mol. The summed E-state index contributed by atoms with van der Waals surface area (Å²) in [5.41, 5.74) is 7.01. The molecule has 4 nitrogen and oxygen atoms in total. The van der Waals surface area contributed by atoms with E-state index in [4.69, 9.17) is 5.73 Å². The van der Waals surface area contributed by atoms with Crippen LogP contribution >= 0.6 is 11.3 Å². The number of hydrogen-bond donors (Lipinski definition) is 2. The predicted octanol–water partition coefficient (Wildman–Crippen LogP) is 3.19. The molecule has 0 spiro atoms. The zero-order valence-electron chi connectivity index (χ0n) is 11.6. The molecule has 1 aliphatic rings. The number of hydrogen-bond acceptors (Lipinski definition) is 4. The fraction of sp³-hybridized carbons (Fsp3) is 0.467. The fourth-order valence-corrected chi connectivity index (χ4v) is 3.72. The largest absolute Gasteiger partial charge is 0.397 e. The smallest absolute Gasteiger partial charge is 0.263 e. The van der Waals surface area contributed by atoms with E-state index in [2.05, 4.69) is 17.2 Å². The van der Waals surface area contributed by atoms with Crippen molar-refractivity contribution in [3.63, 3.8) is 0 Å². The molecule has 5 heteroatoms. The number of nitrogens with zero attached hydrogens (tertiary/aromatic N) is 1. The minimum absolute atomic E-state index is 0.0499. The third-order valence-corrected chi connectivity index (χ3v) is 5.25. The van der Waals surface area contributed by atoms with E-state index >= 15 is 0 Å². The minimum Gasteiger partial charge on any atom is -0.397 e. The maximum absolute atomic E-state index is 12.3. The molecule has 2 heterocycles. The number of rotatable bonds is 5. The van der Waals surface area contributed by atoms with E-state index in [1.54, 1.807) is 12.4 Å². The highest BCUT2D eigenvalue weighted by Gasteiger charge is 2.41. The van der Waals surface area contributed by atoms with E-state index in [1.807, 2.05) is 6.07 Å². The highest BCUT2D eigenvalue weighted by atomic mass is 32.1. The van der Waals surface area contributed by atoms with Crippen LogP contribution in [-0.4, -0.2) is 17.4 Å². The van der Waals surface area contributed by atoms with Crippen LogP contribution in [0.1, 0.15) is 42.3 Å². The Labute approximate surface area is 122 Å². The van der Waals surface area contributed by atoms with Crippen molar-refractivity contribution >= 4 is 33.0 Å². The molecule has 20 heavy (non-hydrogen) atoms. The van der Waals surface area contributed by atoms with Gasteiger partial charge in [0.25, 0.3) is 5.91 Å². The Morgan fingerprint density at radius 2 is 2.35 bits per heavy atom. The summed E-state index contributed by atoms with van der Waals surface area (Å²) in [6.45, 7) is 2.96. The first-order chi connectivity index (χ1) is 9.65. The van der Waals surface area contributed by atoms with E-state index in [-0.39, 0.29) is 5.91 Å². The molecule has 1 amide bonds. The van der Waals surface area contributed by atoms with E-state index in [0.29, 0.717) is 16.0 Å². The summed E-state index contributed by atoms with van der Waals surface area (Å²) in [5.74, 6) is -0.0499. The lowest BCUT2D eigenvalue weighted by Gasteiger charge is -2.14. The van der Waals surface area contributed by atoms with Gasteiger partial charge in [0.15, 0.2) is 0 Å². The van der Waals surface area contributed by atoms with Gasteiger partial charge < -0.3 is 11.1 Å². The number of nitrogens with two attached hydrogens (primary N) is 1. The number of nitrogens with one attached hydrogen (secondary N) is 1. The highest BCUT2D eigenvalue weighted by Crippen LogP contribution is 2.49. The number of nitrogen functional groups attached to an aromatic ring is 1. The third kappa shape index (κ3) is 2.38. The zero-order chi connectivity index (χ0) is 14.2. The summed E-state index contributed by atoms with van der Waals surface area (Å²) in [7, 11) is 0. The van der Waals surface area contributed by atoms with Gasteiger partial charge in [-0.25, -0.2) is 0 Å². The summed E-state index contributed by atoms with van der Waals surface area (Å²) >= 11 is 1.42. The van der Waals surface area contributed by atoms with Crippen molar-refractivity contribution in [2.45, 2.75) is 32.6 Å². The molecule has 0 radical (unpaired) electrons. The Morgan fingerprint density at radius 3 is 3.00 bits per heavy atom. The maximum Gasteiger partial charge on any atom is 0.263 e. The lowest BCUT2D eigenvalue weighted by atomic mass is 10.0. The molecule has 0 unspecified atom stereocenters. The maximum atomic E-state index is 12.3. The van der Waals surface area contributed by atoms with Gasteiger partial charge in [0.05, 0.1) is 10.4 Å².